The van der Waals surface area contributed by atoms with E-state index >= 15 is 0 Å². The van der Waals surface area contributed by atoms with Gasteiger partial charge in [0.25, 0.3) is 0 Å². The SMILES string of the molecule is CSC(C)(C)c1ccc2nccn2c1. The zero-order chi connectivity index (χ0) is 10.2. The second-order valence-corrected chi connectivity index (χ2v) is 5.25. The van der Waals surface area contributed by atoms with Gasteiger partial charge in [-0.3, -0.25) is 0 Å². The molecule has 0 aliphatic carbocycles. The third kappa shape index (κ3) is 1.52. The molecule has 0 saturated carbocycles. The normalized spacial score (nSPS) is 12.2. The van der Waals surface area contributed by atoms with Crippen molar-refractivity contribution >= 4 is 17.4 Å². The lowest BCUT2D eigenvalue weighted by Crippen LogP contribution is -2.11. The lowest BCUT2D eigenvalue weighted by Gasteiger charge is -2.22. The standard InChI is InChI=1S/C11H14N2S/c1-11(2,14-3)9-4-5-10-12-6-7-13(10)8-9/h4-8H,1-3H3. The van der Waals surface area contributed by atoms with E-state index in [4.69, 9.17) is 0 Å². The van der Waals surface area contributed by atoms with E-state index in [-0.39, 0.29) is 4.75 Å². The predicted octanol–water partition coefficient (Wildman–Crippen LogP) is 2.93. The van der Waals surface area contributed by atoms with Crippen molar-refractivity contribution < 1.29 is 0 Å². The van der Waals surface area contributed by atoms with Crippen molar-refractivity contribution in [2.24, 2.45) is 0 Å². The summed E-state index contributed by atoms with van der Waals surface area (Å²) in [5, 5.41) is 0. The summed E-state index contributed by atoms with van der Waals surface area (Å²) >= 11 is 1.86. The smallest absolute Gasteiger partial charge is 0.136 e. The van der Waals surface area contributed by atoms with Gasteiger partial charge in [-0.2, -0.15) is 11.8 Å². The molecule has 14 heavy (non-hydrogen) atoms. The molecule has 2 aromatic rings. The van der Waals surface area contributed by atoms with Gasteiger partial charge in [0.05, 0.1) is 0 Å². The number of pyridine rings is 1. The van der Waals surface area contributed by atoms with Crippen molar-refractivity contribution in [3.63, 3.8) is 0 Å². The first-order chi connectivity index (χ1) is 6.63. The van der Waals surface area contributed by atoms with Crippen LogP contribution in [0, 0.1) is 0 Å². The largest absolute Gasteiger partial charge is 0.307 e. The highest BCUT2D eigenvalue weighted by Gasteiger charge is 2.18. The molecule has 2 heterocycles. The number of rotatable bonds is 2. The number of thioether (sulfide) groups is 1. The van der Waals surface area contributed by atoms with E-state index in [0.717, 1.165) is 5.65 Å². The minimum atomic E-state index is 0.165. The van der Waals surface area contributed by atoms with Crippen LogP contribution in [0.5, 0.6) is 0 Å². The Balaban J connectivity index is 2.53. The van der Waals surface area contributed by atoms with Gasteiger partial charge in [-0.05, 0) is 31.7 Å². The summed E-state index contributed by atoms with van der Waals surface area (Å²) in [5.41, 5.74) is 2.33. The molecule has 0 aliphatic heterocycles. The molecule has 2 nitrogen and oxygen atoms in total. The molecule has 0 bridgehead atoms. The fourth-order valence-corrected chi connectivity index (χ4v) is 1.75. The van der Waals surface area contributed by atoms with E-state index in [9.17, 15) is 0 Å². The van der Waals surface area contributed by atoms with Gasteiger partial charge < -0.3 is 4.40 Å². The van der Waals surface area contributed by atoms with E-state index < -0.39 is 0 Å². The van der Waals surface area contributed by atoms with Crippen LogP contribution < -0.4 is 0 Å². The average Bonchev–Trinajstić information content (AvgIpc) is 2.64. The summed E-state index contributed by atoms with van der Waals surface area (Å²) in [7, 11) is 0. The molecule has 74 valence electrons. The third-order valence-electron chi connectivity index (χ3n) is 2.59. The molecular weight excluding hydrogens is 192 g/mol. The Morgan fingerprint density at radius 1 is 1.36 bits per heavy atom. The maximum Gasteiger partial charge on any atom is 0.136 e. The predicted molar refractivity (Wildman–Crippen MR) is 61.7 cm³/mol. The minimum absolute atomic E-state index is 0.165. The fraction of sp³-hybridized carbons (Fsp3) is 0.364. The van der Waals surface area contributed by atoms with Gasteiger partial charge in [0.1, 0.15) is 5.65 Å². The van der Waals surface area contributed by atoms with Gasteiger partial charge >= 0.3 is 0 Å². The number of hydrogen-bond acceptors (Lipinski definition) is 2. The Labute approximate surface area is 88.4 Å². The van der Waals surface area contributed by atoms with E-state index in [1.165, 1.54) is 5.56 Å². The number of nitrogens with zero attached hydrogens (tertiary/aromatic N) is 2. The Kier molecular flexibility index (Phi) is 2.27. The van der Waals surface area contributed by atoms with Gasteiger partial charge in [0.2, 0.25) is 0 Å². The zero-order valence-corrected chi connectivity index (χ0v) is 9.51. The molecule has 0 N–H and O–H groups in total. The minimum Gasteiger partial charge on any atom is -0.307 e. The first-order valence-electron chi connectivity index (χ1n) is 4.62. The molecule has 0 aliphatic rings. The van der Waals surface area contributed by atoms with Gasteiger partial charge in [-0.25, -0.2) is 4.98 Å². The lowest BCUT2D eigenvalue weighted by molar-refractivity contribution is 0.776. The Morgan fingerprint density at radius 2 is 2.14 bits per heavy atom. The number of hydrogen-bond donors (Lipinski definition) is 0. The summed E-state index contributed by atoms with van der Waals surface area (Å²) in [6.07, 6.45) is 8.09. The van der Waals surface area contributed by atoms with E-state index in [1.807, 2.05) is 24.2 Å². The first kappa shape index (κ1) is 9.59. The molecule has 0 fully saturated rings. The molecule has 0 amide bonds. The average molecular weight is 206 g/mol. The maximum atomic E-state index is 4.22. The molecule has 0 unspecified atom stereocenters. The highest BCUT2D eigenvalue weighted by Crippen LogP contribution is 2.33. The zero-order valence-electron chi connectivity index (χ0n) is 8.69. The van der Waals surface area contributed by atoms with Crippen LogP contribution in [0.2, 0.25) is 0 Å². The van der Waals surface area contributed by atoms with Crippen LogP contribution in [0.25, 0.3) is 5.65 Å². The molecule has 0 spiro atoms. The lowest BCUT2D eigenvalue weighted by atomic mass is 10.1. The monoisotopic (exact) mass is 206 g/mol. The van der Waals surface area contributed by atoms with E-state index in [1.54, 1.807) is 0 Å². The van der Waals surface area contributed by atoms with Crippen LogP contribution in [-0.2, 0) is 4.75 Å². The van der Waals surface area contributed by atoms with Crippen LogP contribution in [0.3, 0.4) is 0 Å². The molecular formula is C11H14N2S. The Morgan fingerprint density at radius 3 is 2.86 bits per heavy atom. The van der Waals surface area contributed by atoms with Crippen LogP contribution in [0.4, 0.5) is 0 Å². The molecule has 2 rings (SSSR count). The highest BCUT2D eigenvalue weighted by molar-refractivity contribution is 7.99. The van der Waals surface area contributed by atoms with Crippen molar-refractivity contribution in [1.82, 2.24) is 9.38 Å². The second kappa shape index (κ2) is 3.31. The first-order valence-corrected chi connectivity index (χ1v) is 5.84. The molecule has 0 aromatic carbocycles. The summed E-state index contributed by atoms with van der Waals surface area (Å²) in [6.45, 7) is 4.46. The fourth-order valence-electron chi connectivity index (χ4n) is 1.39. The van der Waals surface area contributed by atoms with E-state index in [2.05, 4.69) is 47.8 Å². The van der Waals surface area contributed by atoms with Gasteiger partial charge in [0.15, 0.2) is 0 Å². The van der Waals surface area contributed by atoms with E-state index in [0.29, 0.717) is 0 Å². The summed E-state index contributed by atoms with van der Waals surface area (Å²) < 4.78 is 2.23. The van der Waals surface area contributed by atoms with Crippen LogP contribution in [0.1, 0.15) is 19.4 Å². The second-order valence-electron chi connectivity index (χ2n) is 3.82. The van der Waals surface area contributed by atoms with Crippen molar-refractivity contribution in [3.8, 4) is 0 Å². The Bertz CT molecular complexity index is 445. The molecule has 3 heteroatoms. The number of fused-ring (bicyclic) bond motifs is 1. The van der Waals surface area contributed by atoms with Crippen LogP contribution in [-0.4, -0.2) is 15.6 Å². The highest BCUT2D eigenvalue weighted by atomic mass is 32.2. The van der Waals surface area contributed by atoms with Crippen LogP contribution in [0.15, 0.2) is 30.7 Å². The maximum absolute atomic E-state index is 4.22. The number of aromatic nitrogens is 2. The van der Waals surface area contributed by atoms with Crippen molar-refractivity contribution in [2.45, 2.75) is 18.6 Å². The molecule has 0 saturated heterocycles. The van der Waals surface area contributed by atoms with Gasteiger partial charge in [-0.15, -0.1) is 0 Å². The topological polar surface area (TPSA) is 17.3 Å². The third-order valence-corrected chi connectivity index (χ3v) is 3.85. The molecule has 0 radical (unpaired) electrons. The number of imidazole rings is 1. The van der Waals surface area contributed by atoms with Crippen LogP contribution >= 0.6 is 11.8 Å². The summed E-state index contributed by atoms with van der Waals surface area (Å²) in [5.74, 6) is 0. The van der Waals surface area contributed by atoms with Gasteiger partial charge in [0, 0.05) is 23.3 Å². The van der Waals surface area contributed by atoms with Crippen molar-refractivity contribution in [3.05, 3.63) is 36.3 Å². The molecule has 2 aromatic heterocycles. The van der Waals surface area contributed by atoms with Gasteiger partial charge in [-0.1, -0.05) is 6.07 Å². The van der Waals surface area contributed by atoms with Crippen molar-refractivity contribution in [2.75, 3.05) is 6.26 Å². The Hall–Kier alpha value is -0.960. The summed E-state index contributed by atoms with van der Waals surface area (Å²) in [4.78, 5) is 4.22. The quantitative estimate of drug-likeness (QED) is 0.751. The summed E-state index contributed by atoms with van der Waals surface area (Å²) in [6, 6.07) is 4.21. The van der Waals surface area contributed by atoms with Crippen molar-refractivity contribution in [1.29, 1.82) is 0 Å². The molecule has 0 atom stereocenters.